The van der Waals surface area contributed by atoms with Crippen molar-refractivity contribution in [3.63, 3.8) is 0 Å². The molecule has 5 nitrogen and oxygen atoms in total. The normalized spacial score (nSPS) is 11.0. The van der Waals surface area contributed by atoms with Crippen molar-refractivity contribution in [3.8, 4) is 11.6 Å². The van der Waals surface area contributed by atoms with E-state index in [9.17, 15) is 0 Å². The van der Waals surface area contributed by atoms with Gasteiger partial charge in [0.1, 0.15) is 0 Å². The van der Waals surface area contributed by atoms with E-state index < -0.39 is 0 Å². The smallest absolute Gasteiger partial charge is 0.210 e. The van der Waals surface area contributed by atoms with Crippen LogP contribution in [-0.2, 0) is 7.05 Å². The van der Waals surface area contributed by atoms with Crippen molar-refractivity contribution in [1.29, 1.82) is 0 Å². The third-order valence-corrected chi connectivity index (χ3v) is 2.78. The Morgan fingerprint density at radius 3 is 2.94 bits per heavy atom. The summed E-state index contributed by atoms with van der Waals surface area (Å²) in [5.41, 5.74) is 0. The summed E-state index contributed by atoms with van der Waals surface area (Å²) in [7, 11) is 1.94. The first kappa shape index (κ1) is 11.1. The van der Waals surface area contributed by atoms with Gasteiger partial charge in [0.2, 0.25) is 11.0 Å². The Morgan fingerprint density at radius 1 is 1.50 bits per heavy atom. The first-order valence-corrected chi connectivity index (χ1v) is 5.99. The lowest BCUT2D eigenvalue weighted by Gasteiger charge is -2.03. The molecule has 2 aromatic heterocycles. The lowest BCUT2D eigenvalue weighted by Crippen LogP contribution is -2.07. The fourth-order valence-corrected chi connectivity index (χ4v) is 1.83. The molecule has 0 unspecified atom stereocenters. The third-order valence-electron chi connectivity index (χ3n) is 2.11. The molecule has 0 bridgehead atoms. The van der Waals surface area contributed by atoms with Crippen molar-refractivity contribution in [3.05, 3.63) is 12.4 Å². The zero-order valence-corrected chi connectivity index (χ0v) is 10.5. The Kier molecular flexibility index (Phi) is 3.19. The SMILES string of the molecule is CC(C)CNc1nc(-c2nccn2C)ns1. The van der Waals surface area contributed by atoms with Gasteiger partial charge in [0, 0.05) is 37.5 Å². The largest absolute Gasteiger partial charge is 0.360 e. The molecule has 0 saturated heterocycles. The molecule has 0 spiro atoms. The second kappa shape index (κ2) is 4.61. The topological polar surface area (TPSA) is 55.6 Å². The van der Waals surface area contributed by atoms with Gasteiger partial charge in [-0.15, -0.1) is 0 Å². The van der Waals surface area contributed by atoms with Crippen LogP contribution in [0.5, 0.6) is 0 Å². The number of rotatable bonds is 4. The molecule has 0 aliphatic rings. The molecule has 1 N–H and O–H groups in total. The van der Waals surface area contributed by atoms with Gasteiger partial charge in [0.25, 0.3) is 0 Å². The molecule has 0 amide bonds. The molecule has 0 radical (unpaired) electrons. The van der Waals surface area contributed by atoms with Crippen LogP contribution in [0.25, 0.3) is 11.6 Å². The highest BCUT2D eigenvalue weighted by Gasteiger charge is 2.10. The number of nitrogens with one attached hydrogen (secondary N) is 1. The number of hydrogen-bond acceptors (Lipinski definition) is 5. The maximum atomic E-state index is 4.40. The van der Waals surface area contributed by atoms with Gasteiger partial charge in [-0.1, -0.05) is 13.8 Å². The quantitative estimate of drug-likeness (QED) is 0.883. The van der Waals surface area contributed by atoms with E-state index in [4.69, 9.17) is 0 Å². The van der Waals surface area contributed by atoms with Crippen LogP contribution in [0.1, 0.15) is 13.8 Å². The number of nitrogens with zero attached hydrogens (tertiary/aromatic N) is 4. The summed E-state index contributed by atoms with van der Waals surface area (Å²) in [6.07, 6.45) is 3.63. The van der Waals surface area contributed by atoms with E-state index in [0.29, 0.717) is 11.7 Å². The van der Waals surface area contributed by atoms with E-state index in [2.05, 4.69) is 33.5 Å². The Balaban J connectivity index is 2.11. The van der Waals surface area contributed by atoms with Gasteiger partial charge in [-0.3, -0.25) is 0 Å². The molecule has 0 aliphatic heterocycles. The number of aromatic nitrogens is 4. The standard InChI is InChI=1S/C10H15N5S/c1-7(2)6-12-10-13-8(14-16-10)9-11-4-5-15(9)3/h4-5,7H,6H2,1-3H3,(H,12,13,14). The molecule has 2 rings (SSSR count). The van der Waals surface area contributed by atoms with E-state index in [0.717, 1.165) is 17.5 Å². The van der Waals surface area contributed by atoms with Crippen LogP contribution < -0.4 is 5.32 Å². The highest BCUT2D eigenvalue weighted by molar-refractivity contribution is 7.09. The van der Waals surface area contributed by atoms with Gasteiger partial charge < -0.3 is 9.88 Å². The van der Waals surface area contributed by atoms with Crippen molar-refractivity contribution in [2.75, 3.05) is 11.9 Å². The highest BCUT2D eigenvalue weighted by Crippen LogP contribution is 2.19. The van der Waals surface area contributed by atoms with Crippen molar-refractivity contribution in [1.82, 2.24) is 18.9 Å². The van der Waals surface area contributed by atoms with E-state index in [1.807, 2.05) is 17.8 Å². The van der Waals surface area contributed by atoms with Crippen LogP contribution in [0.15, 0.2) is 12.4 Å². The van der Waals surface area contributed by atoms with Gasteiger partial charge >= 0.3 is 0 Å². The zero-order chi connectivity index (χ0) is 11.5. The summed E-state index contributed by atoms with van der Waals surface area (Å²) >= 11 is 1.37. The van der Waals surface area contributed by atoms with Crippen LogP contribution in [0.3, 0.4) is 0 Å². The maximum absolute atomic E-state index is 4.40. The Labute approximate surface area is 98.7 Å². The van der Waals surface area contributed by atoms with Crippen LogP contribution in [0, 0.1) is 5.92 Å². The summed E-state index contributed by atoms with van der Waals surface area (Å²) < 4.78 is 6.19. The molecule has 0 atom stereocenters. The van der Waals surface area contributed by atoms with Crippen molar-refractivity contribution in [2.45, 2.75) is 13.8 Å². The molecule has 6 heteroatoms. The Morgan fingerprint density at radius 2 is 2.31 bits per heavy atom. The summed E-state index contributed by atoms with van der Waals surface area (Å²) in [6.45, 7) is 5.23. The van der Waals surface area contributed by atoms with Gasteiger partial charge in [-0.2, -0.15) is 9.36 Å². The predicted octanol–water partition coefficient (Wildman–Crippen LogP) is 2.01. The zero-order valence-electron chi connectivity index (χ0n) is 9.64. The molecule has 2 aromatic rings. The molecular formula is C10H15N5S. The molecular weight excluding hydrogens is 222 g/mol. The van der Waals surface area contributed by atoms with Crippen LogP contribution in [0.4, 0.5) is 5.13 Å². The first-order valence-electron chi connectivity index (χ1n) is 5.22. The number of hydrogen-bond donors (Lipinski definition) is 1. The minimum atomic E-state index is 0.598. The van der Waals surface area contributed by atoms with Crippen molar-refractivity contribution < 1.29 is 0 Å². The lowest BCUT2D eigenvalue weighted by molar-refractivity contribution is 0.688. The third kappa shape index (κ3) is 2.38. The second-order valence-corrected chi connectivity index (χ2v) is 4.81. The van der Waals surface area contributed by atoms with Crippen LogP contribution in [-0.4, -0.2) is 25.5 Å². The van der Waals surface area contributed by atoms with E-state index in [-0.39, 0.29) is 0 Å². The van der Waals surface area contributed by atoms with Gasteiger partial charge in [-0.05, 0) is 5.92 Å². The lowest BCUT2D eigenvalue weighted by atomic mass is 10.2. The summed E-state index contributed by atoms with van der Waals surface area (Å²) in [5.74, 6) is 2.08. The minimum absolute atomic E-state index is 0.598. The van der Waals surface area contributed by atoms with E-state index >= 15 is 0 Å². The summed E-state index contributed by atoms with van der Waals surface area (Å²) in [5, 5.41) is 4.11. The Hall–Kier alpha value is -1.43. The molecule has 0 fully saturated rings. The first-order chi connectivity index (χ1) is 7.66. The average Bonchev–Trinajstić information content (AvgIpc) is 2.83. The van der Waals surface area contributed by atoms with Crippen molar-refractivity contribution >= 4 is 16.7 Å². The maximum Gasteiger partial charge on any atom is 0.210 e. The fraction of sp³-hybridized carbons (Fsp3) is 0.500. The monoisotopic (exact) mass is 237 g/mol. The molecule has 2 heterocycles. The summed E-state index contributed by atoms with van der Waals surface area (Å²) in [4.78, 5) is 8.61. The average molecular weight is 237 g/mol. The number of imidazole rings is 1. The number of anilines is 1. The van der Waals surface area contributed by atoms with Crippen molar-refractivity contribution in [2.24, 2.45) is 13.0 Å². The van der Waals surface area contributed by atoms with Gasteiger partial charge in [-0.25, -0.2) is 4.98 Å². The predicted molar refractivity (Wildman–Crippen MR) is 65.4 cm³/mol. The summed E-state index contributed by atoms with van der Waals surface area (Å²) in [6, 6.07) is 0. The van der Waals surface area contributed by atoms with Crippen LogP contribution >= 0.6 is 11.5 Å². The van der Waals surface area contributed by atoms with E-state index in [1.54, 1.807) is 6.20 Å². The highest BCUT2D eigenvalue weighted by atomic mass is 32.1. The second-order valence-electron chi connectivity index (χ2n) is 4.06. The molecule has 16 heavy (non-hydrogen) atoms. The molecule has 86 valence electrons. The fourth-order valence-electron chi connectivity index (χ4n) is 1.26. The molecule has 0 aromatic carbocycles. The van der Waals surface area contributed by atoms with Gasteiger partial charge in [0.05, 0.1) is 0 Å². The minimum Gasteiger partial charge on any atom is -0.360 e. The molecule has 0 saturated carbocycles. The Bertz CT molecular complexity index is 459. The molecule has 0 aliphatic carbocycles. The van der Waals surface area contributed by atoms with Crippen LogP contribution in [0.2, 0.25) is 0 Å². The van der Waals surface area contributed by atoms with Gasteiger partial charge in [0.15, 0.2) is 5.82 Å². The van der Waals surface area contributed by atoms with E-state index in [1.165, 1.54) is 11.5 Å². The number of aryl methyl sites for hydroxylation is 1.